The molecule has 1 heteroatoms. The normalized spacial score (nSPS) is 15.5. The Hall–Kier alpha value is -1.76. The van der Waals surface area contributed by atoms with Crippen LogP contribution >= 0.6 is 0 Å². The van der Waals surface area contributed by atoms with E-state index in [1.165, 1.54) is 55.2 Å². The zero-order valence-electron chi connectivity index (χ0n) is 14.3. The summed E-state index contributed by atoms with van der Waals surface area (Å²) in [7, 11) is 0. The van der Waals surface area contributed by atoms with Crippen molar-refractivity contribution in [2.75, 3.05) is 6.61 Å². The van der Waals surface area contributed by atoms with Crippen LogP contribution in [0.5, 0.6) is 5.75 Å². The van der Waals surface area contributed by atoms with Gasteiger partial charge in [0.25, 0.3) is 0 Å². The van der Waals surface area contributed by atoms with Gasteiger partial charge < -0.3 is 4.74 Å². The molecule has 1 nitrogen and oxygen atoms in total. The molecule has 0 bridgehead atoms. The fraction of sp³-hybridized carbons (Fsp3) is 0.455. The molecule has 0 aromatic heterocycles. The van der Waals surface area contributed by atoms with Gasteiger partial charge in [-0.1, -0.05) is 69.0 Å². The van der Waals surface area contributed by atoms with Crippen LogP contribution in [0.3, 0.4) is 0 Å². The summed E-state index contributed by atoms with van der Waals surface area (Å²) in [5.41, 5.74) is 3.96. The first-order valence-corrected chi connectivity index (χ1v) is 9.17. The third kappa shape index (κ3) is 4.60. The third-order valence-electron chi connectivity index (χ3n) is 4.89. The van der Waals surface area contributed by atoms with E-state index in [2.05, 4.69) is 55.5 Å². The molecule has 1 aliphatic rings. The zero-order valence-corrected chi connectivity index (χ0v) is 14.3. The molecule has 0 spiro atoms. The standard InChI is InChI=1S/C22H28O/c1-2-6-18-9-11-20(12-10-18)21-13-15-22(16-14-21)23-17-19-7-4-3-5-8-19/h9-16,19H,2-8,17H2,1H3. The van der Waals surface area contributed by atoms with Crippen molar-refractivity contribution in [3.05, 3.63) is 54.1 Å². The van der Waals surface area contributed by atoms with Gasteiger partial charge in [0, 0.05) is 0 Å². The second-order valence-electron chi connectivity index (χ2n) is 6.79. The van der Waals surface area contributed by atoms with Crippen molar-refractivity contribution in [1.29, 1.82) is 0 Å². The maximum absolute atomic E-state index is 5.99. The third-order valence-corrected chi connectivity index (χ3v) is 4.89. The molecule has 0 aliphatic heterocycles. The van der Waals surface area contributed by atoms with E-state index >= 15 is 0 Å². The lowest BCUT2D eigenvalue weighted by molar-refractivity contribution is 0.209. The van der Waals surface area contributed by atoms with Crippen molar-refractivity contribution in [2.45, 2.75) is 51.9 Å². The molecule has 122 valence electrons. The molecule has 0 unspecified atom stereocenters. The monoisotopic (exact) mass is 308 g/mol. The highest BCUT2D eigenvalue weighted by atomic mass is 16.5. The maximum atomic E-state index is 5.99. The summed E-state index contributed by atoms with van der Waals surface area (Å²) in [4.78, 5) is 0. The highest BCUT2D eigenvalue weighted by Gasteiger charge is 2.13. The first-order chi connectivity index (χ1) is 11.3. The molecule has 1 aliphatic carbocycles. The summed E-state index contributed by atoms with van der Waals surface area (Å²) in [5, 5.41) is 0. The lowest BCUT2D eigenvalue weighted by Gasteiger charge is -2.21. The molecular weight excluding hydrogens is 280 g/mol. The average Bonchev–Trinajstić information content (AvgIpc) is 2.62. The van der Waals surface area contributed by atoms with E-state index in [9.17, 15) is 0 Å². The van der Waals surface area contributed by atoms with Crippen molar-refractivity contribution < 1.29 is 4.74 Å². The van der Waals surface area contributed by atoms with E-state index in [0.29, 0.717) is 0 Å². The Morgan fingerprint density at radius 3 is 2.04 bits per heavy atom. The van der Waals surface area contributed by atoms with Crippen molar-refractivity contribution in [1.82, 2.24) is 0 Å². The van der Waals surface area contributed by atoms with E-state index in [1.54, 1.807) is 0 Å². The smallest absolute Gasteiger partial charge is 0.119 e. The molecule has 3 rings (SSSR count). The molecule has 2 aromatic rings. The Balaban J connectivity index is 1.57. The lowest BCUT2D eigenvalue weighted by Crippen LogP contribution is -2.15. The second-order valence-corrected chi connectivity index (χ2v) is 6.79. The minimum Gasteiger partial charge on any atom is -0.493 e. The molecular formula is C22H28O. The molecule has 0 atom stereocenters. The van der Waals surface area contributed by atoms with Crippen LogP contribution in [-0.4, -0.2) is 6.61 Å². The highest BCUT2D eigenvalue weighted by Crippen LogP contribution is 2.26. The Bertz CT molecular complexity index is 576. The van der Waals surface area contributed by atoms with Gasteiger partial charge in [0.1, 0.15) is 5.75 Å². The molecule has 0 amide bonds. The quantitative estimate of drug-likeness (QED) is 0.611. The number of ether oxygens (including phenoxy) is 1. The largest absolute Gasteiger partial charge is 0.493 e. The summed E-state index contributed by atoms with van der Waals surface area (Å²) < 4.78 is 5.99. The Morgan fingerprint density at radius 1 is 0.826 bits per heavy atom. The van der Waals surface area contributed by atoms with Gasteiger partial charge >= 0.3 is 0 Å². The van der Waals surface area contributed by atoms with Gasteiger partial charge in [0.05, 0.1) is 6.61 Å². The lowest BCUT2D eigenvalue weighted by atomic mass is 9.90. The molecule has 0 N–H and O–H groups in total. The van der Waals surface area contributed by atoms with Crippen LogP contribution in [0.25, 0.3) is 11.1 Å². The van der Waals surface area contributed by atoms with Crippen molar-refractivity contribution in [3.8, 4) is 16.9 Å². The predicted octanol–water partition coefficient (Wildman–Crippen LogP) is 6.27. The Morgan fingerprint density at radius 2 is 1.43 bits per heavy atom. The van der Waals surface area contributed by atoms with Gasteiger partial charge in [-0.3, -0.25) is 0 Å². The van der Waals surface area contributed by atoms with Crippen LogP contribution in [0.4, 0.5) is 0 Å². The second kappa shape index (κ2) is 8.19. The number of benzene rings is 2. The summed E-state index contributed by atoms with van der Waals surface area (Å²) in [6.45, 7) is 3.10. The SMILES string of the molecule is CCCc1ccc(-c2ccc(OCC3CCCCC3)cc2)cc1. The van der Waals surface area contributed by atoms with E-state index in [1.807, 2.05) is 0 Å². The molecule has 23 heavy (non-hydrogen) atoms. The average molecular weight is 308 g/mol. The van der Waals surface area contributed by atoms with Gasteiger partial charge in [-0.25, -0.2) is 0 Å². The topological polar surface area (TPSA) is 9.23 Å². The summed E-state index contributed by atoms with van der Waals surface area (Å²) in [6, 6.07) is 17.5. The summed E-state index contributed by atoms with van der Waals surface area (Å²) >= 11 is 0. The van der Waals surface area contributed by atoms with Crippen LogP contribution in [-0.2, 0) is 6.42 Å². The van der Waals surface area contributed by atoms with Gasteiger partial charge in [0.2, 0.25) is 0 Å². The van der Waals surface area contributed by atoms with Crippen LogP contribution in [0.2, 0.25) is 0 Å². The van der Waals surface area contributed by atoms with E-state index in [4.69, 9.17) is 4.74 Å². The molecule has 1 saturated carbocycles. The zero-order chi connectivity index (χ0) is 15.9. The number of hydrogen-bond acceptors (Lipinski definition) is 1. The summed E-state index contributed by atoms with van der Waals surface area (Å²) in [5.74, 6) is 1.76. The van der Waals surface area contributed by atoms with E-state index in [-0.39, 0.29) is 0 Å². The number of rotatable bonds is 6. The van der Waals surface area contributed by atoms with Crippen LogP contribution in [0, 0.1) is 5.92 Å². The molecule has 1 fully saturated rings. The number of hydrogen-bond donors (Lipinski definition) is 0. The maximum Gasteiger partial charge on any atom is 0.119 e. The fourth-order valence-corrected chi connectivity index (χ4v) is 3.46. The van der Waals surface area contributed by atoms with Gasteiger partial charge in [-0.2, -0.15) is 0 Å². The summed E-state index contributed by atoms with van der Waals surface area (Å²) in [6.07, 6.45) is 9.19. The van der Waals surface area contributed by atoms with Crippen LogP contribution in [0.1, 0.15) is 51.0 Å². The van der Waals surface area contributed by atoms with Crippen LogP contribution < -0.4 is 4.74 Å². The molecule has 0 heterocycles. The first-order valence-electron chi connectivity index (χ1n) is 9.17. The fourth-order valence-electron chi connectivity index (χ4n) is 3.46. The van der Waals surface area contributed by atoms with Gasteiger partial charge in [-0.15, -0.1) is 0 Å². The molecule has 0 saturated heterocycles. The van der Waals surface area contributed by atoms with E-state index in [0.717, 1.165) is 24.7 Å². The Labute approximate surface area is 140 Å². The highest BCUT2D eigenvalue weighted by molar-refractivity contribution is 5.64. The van der Waals surface area contributed by atoms with Crippen LogP contribution in [0.15, 0.2) is 48.5 Å². The molecule has 2 aromatic carbocycles. The number of aryl methyl sites for hydroxylation is 1. The minimum absolute atomic E-state index is 0.759. The van der Waals surface area contributed by atoms with Crippen molar-refractivity contribution in [2.24, 2.45) is 5.92 Å². The van der Waals surface area contributed by atoms with Gasteiger partial charge in [-0.05, 0) is 54.0 Å². The van der Waals surface area contributed by atoms with Crippen molar-refractivity contribution in [3.63, 3.8) is 0 Å². The minimum atomic E-state index is 0.759. The van der Waals surface area contributed by atoms with Gasteiger partial charge in [0.15, 0.2) is 0 Å². The predicted molar refractivity (Wildman–Crippen MR) is 97.9 cm³/mol. The molecule has 0 radical (unpaired) electrons. The van der Waals surface area contributed by atoms with E-state index < -0.39 is 0 Å². The first kappa shape index (κ1) is 16.1. The Kier molecular flexibility index (Phi) is 5.74. The van der Waals surface area contributed by atoms with Crippen molar-refractivity contribution >= 4 is 0 Å².